The molecule has 2 aliphatic rings. The van der Waals surface area contributed by atoms with Crippen molar-refractivity contribution in [2.45, 2.75) is 44.6 Å². The van der Waals surface area contributed by atoms with Crippen LogP contribution in [0, 0.1) is 5.92 Å². The molecule has 1 unspecified atom stereocenters. The van der Waals surface area contributed by atoms with Crippen LogP contribution in [-0.4, -0.2) is 17.6 Å². The van der Waals surface area contributed by atoms with Gasteiger partial charge in [0.1, 0.15) is 0 Å². The van der Waals surface area contributed by atoms with Crippen LogP contribution in [0.25, 0.3) is 10.9 Å². The Morgan fingerprint density at radius 3 is 2.76 bits per heavy atom. The lowest BCUT2D eigenvalue weighted by Gasteiger charge is -2.32. The molecule has 2 aromatic rings. The largest absolute Gasteiger partial charge is 0.399 e. The van der Waals surface area contributed by atoms with Gasteiger partial charge in [-0.15, -0.1) is 0 Å². The minimum Gasteiger partial charge on any atom is -0.399 e. The van der Waals surface area contributed by atoms with E-state index in [4.69, 9.17) is 5.73 Å². The summed E-state index contributed by atoms with van der Waals surface area (Å²) in [5.74, 6) is 0.893. The van der Waals surface area contributed by atoms with Crippen LogP contribution in [0.4, 0.5) is 11.4 Å². The zero-order valence-corrected chi connectivity index (χ0v) is 12.5. The van der Waals surface area contributed by atoms with Gasteiger partial charge in [0.15, 0.2) is 0 Å². The van der Waals surface area contributed by atoms with Gasteiger partial charge in [-0.3, -0.25) is 4.98 Å². The average molecular weight is 281 g/mol. The van der Waals surface area contributed by atoms with Crippen LogP contribution in [0.15, 0.2) is 30.5 Å². The van der Waals surface area contributed by atoms with E-state index >= 15 is 0 Å². The highest BCUT2D eigenvalue weighted by molar-refractivity contribution is 5.93. The summed E-state index contributed by atoms with van der Waals surface area (Å²) in [6, 6.07) is 9.03. The van der Waals surface area contributed by atoms with Crippen molar-refractivity contribution in [3.05, 3.63) is 30.5 Å². The van der Waals surface area contributed by atoms with E-state index < -0.39 is 0 Å². The van der Waals surface area contributed by atoms with Gasteiger partial charge < -0.3 is 10.6 Å². The summed E-state index contributed by atoms with van der Waals surface area (Å²) in [5, 5.41) is 1.25. The van der Waals surface area contributed by atoms with Crippen LogP contribution in [0.5, 0.6) is 0 Å². The SMILES string of the molecule is Nc1ccc2c(N3CCCC3C3CCCC3)ccnc2c1. The molecule has 0 amide bonds. The Morgan fingerprint density at radius 2 is 1.90 bits per heavy atom. The second-order valence-electron chi connectivity index (χ2n) is 6.55. The maximum absolute atomic E-state index is 5.90. The second-order valence-corrected chi connectivity index (χ2v) is 6.55. The van der Waals surface area contributed by atoms with Crippen molar-refractivity contribution in [1.82, 2.24) is 4.98 Å². The molecule has 1 atom stereocenters. The number of nitrogens with two attached hydrogens (primary N) is 1. The van der Waals surface area contributed by atoms with E-state index in [1.165, 1.54) is 56.1 Å². The third-order valence-electron chi connectivity index (χ3n) is 5.30. The summed E-state index contributed by atoms with van der Waals surface area (Å²) in [6.45, 7) is 1.19. The number of benzene rings is 1. The van der Waals surface area contributed by atoms with Gasteiger partial charge in [0.05, 0.1) is 5.52 Å². The van der Waals surface area contributed by atoms with Crippen molar-refractivity contribution in [3.8, 4) is 0 Å². The zero-order valence-electron chi connectivity index (χ0n) is 12.5. The first-order valence-corrected chi connectivity index (χ1v) is 8.24. The fourth-order valence-corrected chi connectivity index (χ4v) is 4.32. The normalized spacial score (nSPS) is 23.2. The van der Waals surface area contributed by atoms with Crippen LogP contribution in [0.2, 0.25) is 0 Å². The maximum Gasteiger partial charge on any atom is 0.0743 e. The molecule has 1 aliphatic carbocycles. The lowest BCUT2D eigenvalue weighted by molar-refractivity contribution is 0.431. The Balaban J connectivity index is 1.74. The quantitative estimate of drug-likeness (QED) is 0.847. The molecule has 0 bridgehead atoms. The monoisotopic (exact) mass is 281 g/mol. The van der Waals surface area contributed by atoms with E-state index in [2.05, 4.69) is 22.0 Å². The first-order valence-electron chi connectivity index (χ1n) is 8.24. The second kappa shape index (κ2) is 5.21. The number of pyridine rings is 1. The van der Waals surface area contributed by atoms with E-state index in [1.807, 2.05) is 18.3 Å². The molecule has 4 rings (SSSR count). The molecule has 2 fully saturated rings. The first-order chi connectivity index (χ1) is 10.3. The molecular weight excluding hydrogens is 258 g/mol. The number of hydrogen-bond donors (Lipinski definition) is 1. The minimum absolute atomic E-state index is 0.732. The van der Waals surface area contributed by atoms with E-state index in [-0.39, 0.29) is 0 Å². The number of fused-ring (bicyclic) bond motifs is 1. The fourth-order valence-electron chi connectivity index (χ4n) is 4.32. The number of rotatable bonds is 2. The van der Waals surface area contributed by atoms with Gasteiger partial charge in [0.2, 0.25) is 0 Å². The number of nitrogens with zero attached hydrogens (tertiary/aromatic N) is 2. The summed E-state index contributed by atoms with van der Waals surface area (Å²) in [5.41, 5.74) is 9.07. The Kier molecular flexibility index (Phi) is 3.21. The lowest BCUT2D eigenvalue weighted by atomic mass is 9.95. The number of aromatic nitrogens is 1. The minimum atomic E-state index is 0.732. The summed E-state index contributed by atoms with van der Waals surface area (Å²) < 4.78 is 0. The molecular formula is C18H23N3. The van der Waals surface area contributed by atoms with Crippen LogP contribution in [-0.2, 0) is 0 Å². The number of nitrogen functional groups attached to an aromatic ring is 1. The van der Waals surface area contributed by atoms with Crippen molar-refractivity contribution >= 4 is 22.3 Å². The Bertz CT molecular complexity index is 646. The van der Waals surface area contributed by atoms with Gasteiger partial charge in [-0.2, -0.15) is 0 Å². The van der Waals surface area contributed by atoms with Crippen molar-refractivity contribution in [2.75, 3.05) is 17.2 Å². The molecule has 110 valence electrons. The molecule has 1 aliphatic heterocycles. The molecule has 3 heteroatoms. The van der Waals surface area contributed by atoms with Crippen LogP contribution >= 0.6 is 0 Å². The predicted octanol–water partition coefficient (Wildman–Crippen LogP) is 3.98. The molecule has 2 heterocycles. The van der Waals surface area contributed by atoms with Crippen molar-refractivity contribution in [2.24, 2.45) is 5.92 Å². The highest BCUT2D eigenvalue weighted by Crippen LogP contribution is 2.39. The molecule has 1 aromatic carbocycles. The van der Waals surface area contributed by atoms with Crippen molar-refractivity contribution in [1.29, 1.82) is 0 Å². The van der Waals surface area contributed by atoms with Crippen LogP contribution < -0.4 is 10.6 Å². The van der Waals surface area contributed by atoms with Gasteiger partial charge in [-0.25, -0.2) is 0 Å². The van der Waals surface area contributed by atoms with Crippen molar-refractivity contribution < 1.29 is 0 Å². The smallest absolute Gasteiger partial charge is 0.0743 e. The molecule has 2 N–H and O–H groups in total. The van der Waals surface area contributed by atoms with E-state index in [0.29, 0.717) is 0 Å². The van der Waals surface area contributed by atoms with E-state index in [0.717, 1.165) is 23.2 Å². The summed E-state index contributed by atoms with van der Waals surface area (Å²) >= 11 is 0. The van der Waals surface area contributed by atoms with Gasteiger partial charge >= 0.3 is 0 Å². The van der Waals surface area contributed by atoms with E-state index in [9.17, 15) is 0 Å². The maximum atomic E-state index is 5.90. The number of anilines is 2. The Morgan fingerprint density at radius 1 is 1.05 bits per heavy atom. The van der Waals surface area contributed by atoms with Crippen molar-refractivity contribution in [3.63, 3.8) is 0 Å². The number of hydrogen-bond acceptors (Lipinski definition) is 3. The van der Waals surface area contributed by atoms with Gasteiger partial charge in [-0.05, 0) is 55.9 Å². The Labute approximate surface area is 126 Å². The third-order valence-corrected chi connectivity index (χ3v) is 5.30. The van der Waals surface area contributed by atoms with Gasteiger partial charge in [0.25, 0.3) is 0 Å². The van der Waals surface area contributed by atoms with Crippen LogP contribution in [0.3, 0.4) is 0 Å². The fraction of sp³-hybridized carbons (Fsp3) is 0.500. The summed E-state index contributed by atoms with van der Waals surface area (Å²) in [6.07, 6.45) is 10.3. The highest BCUT2D eigenvalue weighted by atomic mass is 15.2. The van der Waals surface area contributed by atoms with E-state index in [1.54, 1.807) is 0 Å². The Hall–Kier alpha value is -1.77. The standard InChI is InChI=1S/C18H23N3/c19-14-7-8-15-16(12-14)20-10-9-18(15)21-11-3-6-17(21)13-4-1-2-5-13/h7-10,12-13,17H,1-6,11,19H2. The molecule has 0 radical (unpaired) electrons. The summed E-state index contributed by atoms with van der Waals surface area (Å²) in [4.78, 5) is 7.14. The van der Waals surface area contributed by atoms with Gasteiger partial charge in [-0.1, -0.05) is 12.8 Å². The lowest BCUT2D eigenvalue weighted by Crippen LogP contribution is -2.34. The van der Waals surface area contributed by atoms with Gasteiger partial charge in [0, 0.05) is 35.5 Å². The molecule has 0 spiro atoms. The van der Waals surface area contributed by atoms with Crippen LogP contribution in [0.1, 0.15) is 38.5 Å². The molecule has 1 saturated carbocycles. The zero-order chi connectivity index (χ0) is 14.2. The first kappa shape index (κ1) is 12.9. The highest BCUT2D eigenvalue weighted by Gasteiger charge is 2.33. The predicted molar refractivity (Wildman–Crippen MR) is 88.5 cm³/mol. The molecule has 3 nitrogen and oxygen atoms in total. The molecule has 21 heavy (non-hydrogen) atoms. The average Bonchev–Trinajstić information content (AvgIpc) is 3.17. The topological polar surface area (TPSA) is 42.1 Å². The third kappa shape index (κ3) is 2.25. The summed E-state index contributed by atoms with van der Waals surface area (Å²) in [7, 11) is 0. The molecule has 1 saturated heterocycles. The molecule has 1 aromatic heterocycles.